The second-order valence-electron chi connectivity index (χ2n) is 3.36. The highest BCUT2D eigenvalue weighted by atomic mass is 16.5. The molecule has 15 heavy (non-hydrogen) atoms. The average Bonchev–Trinajstić information content (AvgIpc) is 2.27. The van der Waals surface area contributed by atoms with Gasteiger partial charge in [-0.25, -0.2) is 4.79 Å². The van der Waals surface area contributed by atoms with Crippen LogP contribution >= 0.6 is 0 Å². The number of rotatable bonds is 4. The van der Waals surface area contributed by atoms with Crippen LogP contribution in [0.25, 0.3) is 0 Å². The number of hydrogen-bond acceptors (Lipinski definition) is 2. The summed E-state index contributed by atoms with van der Waals surface area (Å²) in [5.41, 5.74) is 1.23. The number of ether oxygens (including phenoxy) is 1. The molecule has 0 saturated carbocycles. The number of benzene rings is 1. The van der Waals surface area contributed by atoms with Crippen LogP contribution in [0.15, 0.2) is 30.3 Å². The molecule has 0 fully saturated rings. The number of amides is 1. The lowest BCUT2D eigenvalue weighted by atomic mass is 10.1. The maximum absolute atomic E-state index is 11.3. The molecule has 3 nitrogen and oxygen atoms in total. The molecule has 0 unspecified atom stereocenters. The van der Waals surface area contributed by atoms with Gasteiger partial charge < -0.3 is 9.64 Å². The third-order valence-electron chi connectivity index (χ3n) is 2.16. The first-order chi connectivity index (χ1) is 7.24. The molecule has 0 aromatic heterocycles. The summed E-state index contributed by atoms with van der Waals surface area (Å²) >= 11 is 0. The van der Waals surface area contributed by atoms with Crippen molar-refractivity contribution in [3.63, 3.8) is 0 Å². The van der Waals surface area contributed by atoms with Crippen molar-refractivity contribution in [2.75, 3.05) is 20.2 Å². The fourth-order valence-corrected chi connectivity index (χ4v) is 1.27. The van der Waals surface area contributed by atoms with Crippen molar-refractivity contribution in [1.29, 1.82) is 0 Å². The first-order valence-electron chi connectivity index (χ1n) is 5.16. The molecule has 0 saturated heterocycles. The largest absolute Gasteiger partial charge is 0.450 e. The number of likely N-dealkylation sites (N-methyl/N-ethyl adjacent to an activating group) is 1. The Bertz CT molecular complexity index is 298. The van der Waals surface area contributed by atoms with Gasteiger partial charge in [0.2, 0.25) is 0 Å². The number of nitrogens with zero attached hydrogens (tertiary/aromatic N) is 1. The van der Waals surface area contributed by atoms with E-state index in [0.717, 1.165) is 6.42 Å². The fourth-order valence-electron chi connectivity index (χ4n) is 1.27. The van der Waals surface area contributed by atoms with E-state index in [0.29, 0.717) is 13.2 Å². The third kappa shape index (κ3) is 4.02. The molecule has 0 aliphatic carbocycles. The Morgan fingerprint density at radius 1 is 1.33 bits per heavy atom. The van der Waals surface area contributed by atoms with Crippen LogP contribution in [0.2, 0.25) is 0 Å². The minimum Gasteiger partial charge on any atom is -0.450 e. The molecular weight excluding hydrogens is 190 g/mol. The summed E-state index contributed by atoms with van der Waals surface area (Å²) < 4.78 is 4.88. The van der Waals surface area contributed by atoms with E-state index >= 15 is 0 Å². The predicted octanol–water partition coefficient (Wildman–Crippen LogP) is 2.32. The minimum atomic E-state index is -0.256. The van der Waals surface area contributed by atoms with Crippen molar-refractivity contribution < 1.29 is 9.53 Å². The Kier molecular flexibility index (Phi) is 4.68. The van der Waals surface area contributed by atoms with Gasteiger partial charge in [-0.3, -0.25) is 0 Å². The van der Waals surface area contributed by atoms with E-state index in [1.165, 1.54) is 5.56 Å². The van der Waals surface area contributed by atoms with Crippen LogP contribution in [0.1, 0.15) is 12.5 Å². The first-order valence-corrected chi connectivity index (χ1v) is 5.16. The van der Waals surface area contributed by atoms with Gasteiger partial charge in [-0.15, -0.1) is 0 Å². The second kappa shape index (κ2) is 6.06. The van der Waals surface area contributed by atoms with E-state index in [4.69, 9.17) is 4.74 Å². The lowest BCUT2D eigenvalue weighted by Gasteiger charge is -2.16. The fraction of sp³-hybridized carbons (Fsp3) is 0.417. The van der Waals surface area contributed by atoms with Crippen LogP contribution in [0.4, 0.5) is 4.79 Å². The van der Waals surface area contributed by atoms with Crippen molar-refractivity contribution >= 4 is 6.09 Å². The van der Waals surface area contributed by atoms with Gasteiger partial charge in [0.15, 0.2) is 0 Å². The van der Waals surface area contributed by atoms with Gasteiger partial charge in [0.05, 0.1) is 6.61 Å². The molecule has 1 amide bonds. The van der Waals surface area contributed by atoms with Gasteiger partial charge in [-0.05, 0) is 18.9 Å². The number of hydrogen-bond donors (Lipinski definition) is 0. The highest BCUT2D eigenvalue weighted by molar-refractivity contribution is 5.67. The quantitative estimate of drug-likeness (QED) is 0.758. The summed E-state index contributed by atoms with van der Waals surface area (Å²) in [6.07, 6.45) is 0.601. The Morgan fingerprint density at radius 2 is 2.00 bits per heavy atom. The highest BCUT2D eigenvalue weighted by Gasteiger charge is 2.07. The van der Waals surface area contributed by atoms with Crippen LogP contribution in [0, 0.1) is 0 Å². The van der Waals surface area contributed by atoms with E-state index in [1.54, 1.807) is 11.9 Å². The summed E-state index contributed by atoms with van der Waals surface area (Å²) in [6, 6.07) is 10.1. The zero-order valence-electron chi connectivity index (χ0n) is 9.27. The monoisotopic (exact) mass is 207 g/mol. The zero-order valence-corrected chi connectivity index (χ0v) is 9.27. The summed E-state index contributed by atoms with van der Waals surface area (Å²) in [5.74, 6) is 0. The summed E-state index contributed by atoms with van der Waals surface area (Å²) in [7, 11) is 1.75. The summed E-state index contributed by atoms with van der Waals surface area (Å²) in [5, 5.41) is 0. The normalized spacial score (nSPS) is 9.73. The highest BCUT2D eigenvalue weighted by Crippen LogP contribution is 2.01. The van der Waals surface area contributed by atoms with Crippen LogP contribution in [-0.2, 0) is 11.2 Å². The molecular formula is C12H17NO2. The first kappa shape index (κ1) is 11.6. The van der Waals surface area contributed by atoms with Crippen molar-refractivity contribution in [2.24, 2.45) is 0 Å². The molecule has 1 rings (SSSR count). The van der Waals surface area contributed by atoms with Gasteiger partial charge in [-0.1, -0.05) is 30.3 Å². The lowest BCUT2D eigenvalue weighted by molar-refractivity contribution is 0.116. The second-order valence-corrected chi connectivity index (χ2v) is 3.36. The topological polar surface area (TPSA) is 29.5 Å². The zero-order chi connectivity index (χ0) is 11.1. The standard InChI is InChI=1S/C12H17NO2/c1-3-15-12(14)13(2)10-9-11-7-5-4-6-8-11/h4-8H,3,9-10H2,1-2H3. The summed E-state index contributed by atoms with van der Waals surface area (Å²) in [6.45, 7) is 2.92. The SMILES string of the molecule is CCOC(=O)N(C)CCc1ccccc1. The molecule has 0 radical (unpaired) electrons. The molecule has 0 aliphatic rings. The smallest absolute Gasteiger partial charge is 0.409 e. The van der Waals surface area contributed by atoms with E-state index < -0.39 is 0 Å². The molecule has 0 N–H and O–H groups in total. The average molecular weight is 207 g/mol. The maximum Gasteiger partial charge on any atom is 0.409 e. The molecule has 0 spiro atoms. The van der Waals surface area contributed by atoms with E-state index in [1.807, 2.05) is 25.1 Å². The molecule has 1 aromatic rings. The van der Waals surface area contributed by atoms with Gasteiger partial charge >= 0.3 is 6.09 Å². The summed E-state index contributed by atoms with van der Waals surface area (Å²) in [4.78, 5) is 12.9. The number of carbonyl (C=O) groups is 1. The van der Waals surface area contributed by atoms with Crippen LogP contribution < -0.4 is 0 Å². The Hall–Kier alpha value is -1.51. The molecule has 0 atom stereocenters. The molecule has 1 aromatic carbocycles. The van der Waals surface area contributed by atoms with Crippen molar-refractivity contribution in [3.8, 4) is 0 Å². The molecule has 0 heterocycles. The molecule has 0 aliphatic heterocycles. The van der Waals surface area contributed by atoms with Gasteiger partial charge in [0.1, 0.15) is 0 Å². The predicted molar refractivity (Wildman–Crippen MR) is 59.8 cm³/mol. The van der Waals surface area contributed by atoms with Crippen LogP contribution in [0.3, 0.4) is 0 Å². The number of carbonyl (C=O) groups excluding carboxylic acids is 1. The maximum atomic E-state index is 11.3. The molecule has 82 valence electrons. The van der Waals surface area contributed by atoms with Crippen molar-refractivity contribution in [2.45, 2.75) is 13.3 Å². The van der Waals surface area contributed by atoms with E-state index in [2.05, 4.69) is 12.1 Å². The molecule has 3 heteroatoms. The van der Waals surface area contributed by atoms with E-state index in [-0.39, 0.29) is 6.09 Å². The van der Waals surface area contributed by atoms with E-state index in [9.17, 15) is 4.79 Å². The van der Waals surface area contributed by atoms with Gasteiger partial charge in [-0.2, -0.15) is 0 Å². The Labute approximate surface area is 90.7 Å². The van der Waals surface area contributed by atoms with Crippen molar-refractivity contribution in [3.05, 3.63) is 35.9 Å². The lowest BCUT2D eigenvalue weighted by Crippen LogP contribution is -2.29. The molecule has 0 bridgehead atoms. The van der Waals surface area contributed by atoms with Crippen LogP contribution in [0.5, 0.6) is 0 Å². The Balaban J connectivity index is 2.34. The van der Waals surface area contributed by atoms with Gasteiger partial charge in [0.25, 0.3) is 0 Å². The minimum absolute atomic E-state index is 0.256. The third-order valence-corrected chi connectivity index (χ3v) is 2.16. The Morgan fingerprint density at radius 3 is 2.60 bits per heavy atom. The van der Waals surface area contributed by atoms with Crippen LogP contribution in [-0.4, -0.2) is 31.2 Å². The van der Waals surface area contributed by atoms with Crippen molar-refractivity contribution in [1.82, 2.24) is 4.90 Å². The van der Waals surface area contributed by atoms with Gasteiger partial charge in [0, 0.05) is 13.6 Å².